The Balaban J connectivity index is 3.05. The van der Waals surface area contributed by atoms with Gasteiger partial charge in [-0.05, 0) is 19.1 Å². The molecule has 0 bridgehead atoms. The molecule has 0 saturated heterocycles. The molecule has 0 unspecified atom stereocenters. The van der Waals surface area contributed by atoms with E-state index in [2.05, 4.69) is 15.2 Å². The van der Waals surface area contributed by atoms with E-state index < -0.39 is 28.2 Å². The van der Waals surface area contributed by atoms with E-state index in [0.717, 1.165) is 12.1 Å². The van der Waals surface area contributed by atoms with Crippen LogP contribution in [0.15, 0.2) is 23.4 Å². The number of hydrogen-bond donors (Lipinski definition) is 2. The number of anilines is 1. The summed E-state index contributed by atoms with van der Waals surface area (Å²) in [7, 11) is 0. The van der Waals surface area contributed by atoms with Crippen LogP contribution >= 0.6 is 11.6 Å². The number of nitrogens with one attached hydrogen (secondary N) is 1. The fourth-order valence-electron chi connectivity index (χ4n) is 1.33. The van der Waals surface area contributed by atoms with E-state index in [9.17, 15) is 19.7 Å². The van der Waals surface area contributed by atoms with E-state index in [-0.39, 0.29) is 17.3 Å². The van der Waals surface area contributed by atoms with Gasteiger partial charge in [-0.2, -0.15) is 0 Å². The van der Waals surface area contributed by atoms with Crippen molar-refractivity contribution in [3.63, 3.8) is 0 Å². The van der Waals surface area contributed by atoms with Crippen LogP contribution in [0.1, 0.15) is 6.92 Å². The first-order chi connectivity index (χ1) is 9.90. The smallest absolute Gasteiger partial charge is 0.366 e. The predicted octanol–water partition coefficient (Wildman–Crippen LogP) is 1.58. The van der Waals surface area contributed by atoms with Gasteiger partial charge in [-0.1, -0.05) is 16.8 Å². The van der Waals surface area contributed by atoms with Gasteiger partial charge in [0.05, 0.1) is 11.5 Å². The minimum absolute atomic E-state index is 0.0392. The number of rotatable bonds is 5. The lowest BCUT2D eigenvalue weighted by atomic mass is 10.2. The van der Waals surface area contributed by atoms with Gasteiger partial charge in [0.15, 0.2) is 0 Å². The van der Waals surface area contributed by atoms with Crippen LogP contribution in [0, 0.1) is 10.1 Å². The molecule has 1 amide bonds. The Morgan fingerprint density at radius 1 is 1.52 bits per heavy atom. The van der Waals surface area contributed by atoms with Gasteiger partial charge in [0.1, 0.15) is 5.69 Å². The zero-order valence-electron chi connectivity index (χ0n) is 10.7. The molecule has 1 aromatic carbocycles. The Bertz CT molecular complexity index is 616. The first-order valence-electron chi connectivity index (χ1n) is 5.55. The monoisotopic (exact) mass is 315 g/mol. The number of amides is 1. The van der Waals surface area contributed by atoms with Crippen LogP contribution in [0.2, 0.25) is 5.02 Å². The number of halogens is 1. The lowest BCUT2D eigenvalue weighted by Crippen LogP contribution is -2.31. The summed E-state index contributed by atoms with van der Waals surface area (Å²) in [4.78, 5) is 33.2. The van der Waals surface area contributed by atoms with Crippen LogP contribution < -0.4 is 5.32 Å². The number of nitrogens with zero attached hydrogens (tertiary/aromatic N) is 2. The van der Waals surface area contributed by atoms with E-state index >= 15 is 0 Å². The maximum atomic E-state index is 11.8. The lowest BCUT2D eigenvalue weighted by Gasteiger charge is -2.07. The van der Waals surface area contributed by atoms with Crippen molar-refractivity contribution in [2.45, 2.75) is 6.92 Å². The van der Waals surface area contributed by atoms with Crippen LogP contribution in [-0.4, -0.2) is 34.3 Å². The maximum Gasteiger partial charge on any atom is 0.366 e. The largest absolute Gasteiger partial charge is 0.461 e. The molecule has 1 aromatic rings. The topological polar surface area (TPSA) is 131 Å². The van der Waals surface area contributed by atoms with Crippen molar-refractivity contribution >= 4 is 40.6 Å². The fourth-order valence-corrected chi connectivity index (χ4v) is 1.50. The van der Waals surface area contributed by atoms with Gasteiger partial charge < -0.3 is 15.3 Å². The molecule has 0 radical (unpaired) electrons. The molecular weight excluding hydrogens is 306 g/mol. The fraction of sp³-hybridized carbons (Fsp3) is 0.182. The number of oxime groups is 1. The molecule has 21 heavy (non-hydrogen) atoms. The minimum atomic E-state index is -1.17. The van der Waals surface area contributed by atoms with Gasteiger partial charge >= 0.3 is 5.97 Å². The van der Waals surface area contributed by atoms with Crippen molar-refractivity contribution in [2.75, 3.05) is 11.9 Å². The molecule has 112 valence electrons. The Morgan fingerprint density at radius 3 is 2.71 bits per heavy atom. The molecule has 0 aliphatic heterocycles. The summed E-state index contributed by atoms with van der Waals surface area (Å²) in [5.41, 5.74) is -1.62. The van der Waals surface area contributed by atoms with Gasteiger partial charge in [0.25, 0.3) is 17.3 Å². The molecule has 0 aromatic heterocycles. The summed E-state index contributed by atoms with van der Waals surface area (Å²) in [5, 5.41) is 24.2. The summed E-state index contributed by atoms with van der Waals surface area (Å²) in [5.74, 6) is -2.33. The van der Waals surface area contributed by atoms with E-state index in [4.69, 9.17) is 16.8 Å². The molecule has 0 aliphatic rings. The van der Waals surface area contributed by atoms with Gasteiger partial charge in [-0.15, -0.1) is 0 Å². The molecule has 2 N–H and O–H groups in total. The molecule has 9 nitrogen and oxygen atoms in total. The molecule has 1 rings (SSSR count). The number of esters is 1. The first kappa shape index (κ1) is 16.4. The molecule has 0 fully saturated rings. The van der Waals surface area contributed by atoms with Crippen LogP contribution in [-0.2, 0) is 14.3 Å². The molecule has 10 heteroatoms. The lowest BCUT2D eigenvalue weighted by molar-refractivity contribution is -0.383. The third kappa shape index (κ3) is 4.14. The second-order valence-corrected chi connectivity index (χ2v) is 3.98. The third-order valence-electron chi connectivity index (χ3n) is 2.19. The van der Waals surface area contributed by atoms with Crippen molar-refractivity contribution in [3.05, 3.63) is 33.3 Å². The quantitative estimate of drug-likeness (QED) is 0.212. The number of carbonyl (C=O) groups is 2. The average Bonchev–Trinajstić information content (AvgIpc) is 2.39. The highest BCUT2D eigenvalue weighted by atomic mass is 35.5. The van der Waals surface area contributed by atoms with E-state index in [0.29, 0.717) is 0 Å². The molecule has 0 spiro atoms. The van der Waals surface area contributed by atoms with Gasteiger partial charge in [-0.25, -0.2) is 4.79 Å². The second-order valence-electron chi connectivity index (χ2n) is 3.54. The summed E-state index contributed by atoms with van der Waals surface area (Å²) in [6.07, 6.45) is 0. The summed E-state index contributed by atoms with van der Waals surface area (Å²) in [6, 6.07) is 3.47. The van der Waals surface area contributed by atoms with Crippen LogP contribution in [0.4, 0.5) is 11.4 Å². The normalized spacial score (nSPS) is 10.9. The van der Waals surface area contributed by atoms with Gasteiger partial charge in [-0.3, -0.25) is 14.9 Å². The first-order valence-corrected chi connectivity index (χ1v) is 5.93. The summed E-state index contributed by atoms with van der Waals surface area (Å²) >= 11 is 5.69. The standard InChI is InChI=1S/C11H10ClN3O6/c1-2-21-11(17)9(14-18)10(16)13-7-5-6(12)3-4-8(7)15(19)20/h3-5,18H,2H2,1H3,(H,13,16)/b14-9-. The Labute approximate surface area is 123 Å². The van der Waals surface area contributed by atoms with Crippen LogP contribution in [0.3, 0.4) is 0 Å². The van der Waals surface area contributed by atoms with Gasteiger partial charge in [0.2, 0.25) is 0 Å². The number of nitro benzene ring substituents is 1. The van der Waals surface area contributed by atoms with Crippen molar-refractivity contribution in [2.24, 2.45) is 5.16 Å². The van der Waals surface area contributed by atoms with Gasteiger partial charge in [0, 0.05) is 11.1 Å². The molecule has 0 atom stereocenters. The highest BCUT2D eigenvalue weighted by Crippen LogP contribution is 2.27. The van der Waals surface area contributed by atoms with Crippen LogP contribution in [0.5, 0.6) is 0 Å². The molecule has 0 aliphatic carbocycles. The van der Waals surface area contributed by atoms with Crippen molar-refractivity contribution in [1.29, 1.82) is 0 Å². The Kier molecular flexibility index (Phi) is 5.61. The van der Waals surface area contributed by atoms with Crippen molar-refractivity contribution in [3.8, 4) is 0 Å². The second kappa shape index (κ2) is 7.20. The molecular formula is C11H10ClN3O6. The van der Waals surface area contributed by atoms with Crippen LogP contribution in [0.25, 0.3) is 0 Å². The highest BCUT2D eigenvalue weighted by molar-refractivity contribution is 6.65. The number of benzene rings is 1. The zero-order chi connectivity index (χ0) is 16.0. The zero-order valence-corrected chi connectivity index (χ0v) is 11.5. The van der Waals surface area contributed by atoms with Crippen molar-refractivity contribution < 1.29 is 24.5 Å². The Morgan fingerprint density at radius 2 is 2.19 bits per heavy atom. The number of hydrogen-bond acceptors (Lipinski definition) is 7. The van der Waals surface area contributed by atoms with E-state index in [1.54, 1.807) is 0 Å². The summed E-state index contributed by atoms with van der Waals surface area (Å²) < 4.78 is 4.50. The Hall–Kier alpha value is -2.68. The molecule has 0 saturated carbocycles. The van der Waals surface area contributed by atoms with Crippen molar-refractivity contribution in [1.82, 2.24) is 0 Å². The van der Waals surface area contributed by atoms with E-state index in [1.165, 1.54) is 13.0 Å². The number of carbonyl (C=O) groups excluding carboxylic acids is 2. The summed E-state index contributed by atoms with van der Waals surface area (Å²) in [6.45, 7) is 1.45. The molecule has 0 heterocycles. The minimum Gasteiger partial charge on any atom is -0.461 e. The van der Waals surface area contributed by atoms with E-state index in [1.807, 2.05) is 0 Å². The predicted molar refractivity (Wildman–Crippen MR) is 72.6 cm³/mol. The number of nitro groups is 1. The maximum absolute atomic E-state index is 11.8. The average molecular weight is 316 g/mol. The number of ether oxygens (including phenoxy) is 1. The SMILES string of the molecule is CCOC(=O)/C(=N\O)C(=O)Nc1cc(Cl)ccc1[N+](=O)[O-]. The third-order valence-corrected chi connectivity index (χ3v) is 2.42. The highest BCUT2D eigenvalue weighted by Gasteiger charge is 2.25.